The molecule has 154 valence electrons. The molecule has 7 nitrogen and oxygen atoms in total. The van der Waals surface area contributed by atoms with Gasteiger partial charge in [-0.15, -0.1) is 11.3 Å². The van der Waals surface area contributed by atoms with E-state index < -0.39 is 10.0 Å². The molecular weight excluding hydrogens is 410 g/mol. The molecule has 0 atom stereocenters. The second kappa shape index (κ2) is 8.25. The smallest absolute Gasteiger partial charge is 0.252 e. The van der Waals surface area contributed by atoms with Gasteiger partial charge in [0, 0.05) is 43.3 Å². The zero-order valence-corrected chi connectivity index (χ0v) is 17.5. The van der Waals surface area contributed by atoms with Crippen LogP contribution in [0.1, 0.15) is 25.7 Å². The molecule has 0 radical (unpaired) electrons. The second-order valence-electron chi connectivity index (χ2n) is 7.30. The van der Waals surface area contributed by atoms with Crippen molar-refractivity contribution in [1.29, 1.82) is 0 Å². The Bertz CT molecular complexity index is 996. The summed E-state index contributed by atoms with van der Waals surface area (Å²) in [6.07, 6.45) is 2.38. The van der Waals surface area contributed by atoms with E-state index in [9.17, 15) is 18.0 Å². The highest BCUT2D eigenvalue weighted by molar-refractivity contribution is 7.91. The summed E-state index contributed by atoms with van der Waals surface area (Å²) in [6, 6.07) is 10.6. The van der Waals surface area contributed by atoms with Gasteiger partial charge in [0.1, 0.15) is 4.21 Å². The van der Waals surface area contributed by atoms with Gasteiger partial charge in [-0.2, -0.15) is 4.31 Å². The lowest BCUT2D eigenvalue weighted by Gasteiger charge is -2.30. The number of benzene rings is 1. The molecule has 3 heterocycles. The minimum Gasteiger partial charge on any atom is -0.326 e. The topological polar surface area (TPSA) is 86.8 Å². The number of amides is 2. The molecule has 2 saturated heterocycles. The molecule has 2 aromatic rings. The third kappa shape index (κ3) is 4.22. The second-order valence-corrected chi connectivity index (χ2v) is 10.4. The summed E-state index contributed by atoms with van der Waals surface area (Å²) in [5.41, 5.74) is 1.45. The first-order chi connectivity index (χ1) is 13.9. The quantitative estimate of drug-likeness (QED) is 0.786. The Labute approximate surface area is 174 Å². The van der Waals surface area contributed by atoms with Crippen LogP contribution in [0.5, 0.6) is 0 Å². The standard InChI is InChI=1S/C20H23N3O4S2/c24-18-6-2-10-23(18)17-5-1-4-16(14-17)21-20(25)15-8-11-22(12-9-15)29(26,27)19-7-3-13-28-19/h1,3-5,7,13-15H,2,6,8-12H2,(H,21,25). The lowest BCUT2D eigenvalue weighted by molar-refractivity contribution is -0.121. The van der Waals surface area contributed by atoms with Crippen LogP contribution in [-0.2, 0) is 19.6 Å². The Morgan fingerprint density at radius 1 is 1.10 bits per heavy atom. The fourth-order valence-corrected chi connectivity index (χ4v) is 6.43. The zero-order valence-electron chi connectivity index (χ0n) is 15.9. The molecule has 0 unspecified atom stereocenters. The maximum atomic E-state index is 12.7. The molecule has 4 rings (SSSR count). The molecule has 2 aliphatic rings. The maximum Gasteiger partial charge on any atom is 0.252 e. The molecule has 1 aromatic heterocycles. The molecule has 2 fully saturated rings. The fourth-order valence-electron chi connectivity index (χ4n) is 3.81. The number of hydrogen-bond acceptors (Lipinski definition) is 5. The van der Waals surface area contributed by atoms with E-state index in [4.69, 9.17) is 0 Å². The van der Waals surface area contributed by atoms with Gasteiger partial charge in [0.25, 0.3) is 10.0 Å². The van der Waals surface area contributed by atoms with Crippen LogP contribution in [0, 0.1) is 5.92 Å². The largest absolute Gasteiger partial charge is 0.326 e. The van der Waals surface area contributed by atoms with E-state index in [0.29, 0.717) is 48.8 Å². The number of thiophene rings is 1. The summed E-state index contributed by atoms with van der Waals surface area (Å²) in [6.45, 7) is 1.37. The van der Waals surface area contributed by atoms with Crippen molar-refractivity contribution in [3.05, 3.63) is 41.8 Å². The number of rotatable bonds is 5. The van der Waals surface area contributed by atoms with Crippen LogP contribution in [0.4, 0.5) is 11.4 Å². The van der Waals surface area contributed by atoms with Crippen LogP contribution in [0.2, 0.25) is 0 Å². The minimum atomic E-state index is -3.46. The Kier molecular flexibility index (Phi) is 5.71. The average molecular weight is 434 g/mol. The number of hydrogen-bond donors (Lipinski definition) is 1. The Hall–Kier alpha value is -2.23. The highest BCUT2D eigenvalue weighted by atomic mass is 32.2. The van der Waals surface area contributed by atoms with E-state index in [1.807, 2.05) is 18.2 Å². The first kappa shape index (κ1) is 20.1. The highest BCUT2D eigenvalue weighted by Crippen LogP contribution is 2.28. The van der Waals surface area contributed by atoms with Crippen LogP contribution in [0.25, 0.3) is 0 Å². The molecule has 2 amide bonds. The zero-order chi connectivity index (χ0) is 20.4. The minimum absolute atomic E-state index is 0.104. The van der Waals surface area contributed by atoms with Crippen LogP contribution in [0.3, 0.4) is 0 Å². The molecule has 0 saturated carbocycles. The average Bonchev–Trinajstić information content (AvgIpc) is 3.40. The summed E-state index contributed by atoms with van der Waals surface area (Å²) in [5.74, 6) is -0.238. The van der Waals surface area contributed by atoms with E-state index in [2.05, 4.69) is 5.32 Å². The van der Waals surface area contributed by atoms with Gasteiger partial charge in [-0.3, -0.25) is 9.59 Å². The third-order valence-electron chi connectivity index (χ3n) is 5.41. The van der Waals surface area contributed by atoms with Crippen LogP contribution >= 0.6 is 11.3 Å². The van der Waals surface area contributed by atoms with Crippen LogP contribution in [-0.4, -0.2) is 44.2 Å². The number of carbonyl (C=O) groups is 2. The predicted octanol–water partition coefficient (Wildman–Crippen LogP) is 2.91. The number of nitrogens with zero attached hydrogens (tertiary/aromatic N) is 2. The molecule has 2 aliphatic heterocycles. The van der Waals surface area contributed by atoms with Crippen molar-refractivity contribution in [2.45, 2.75) is 29.9 Å². The fraction of sp³-hybridized carbons (Fsp3) is 0.400. The molecule has 0 bridgehead atoms. The van der Waals surface area contributed by atoms with Crippen LogP contribution in [0.15, 0.2) is 46.0 Å². The monoisotopic (exact) mass is 433 g/mol. The van der Waals surface area contributed by atoms with Crippen molar-refractivity contribution >= 4 is 44.5 Å². The number of piperidine rings is 1. The Morgan fingerprint density at radius 2 is 1.90 bits per heavy atom. The lowest BCUT2D eigenvalue weighted by Crippen LogP contribution is -2.41. The van der Waals surface area contributed by atoms with Crippen molar-refractivity contribution in [2.75, 3.05) is 29.9 Å². The molecule has 0 aliphatic carbocycles. The van der Waals surface area contributed by atoms with Gasteiger partial charge in [0.05, 0.1) is 0 Å². The van der Waals surface area contributed by atoms with Crippen molar-refractivity contribution in [3.63, 3.8) is 0 Å². The van der Waals surface area contributed by atoms with Crippen molar-refractivity contribution in [1.82, 2.24) is 4.31 Å². The van der Waals surface area contributed by atoms with Crippen molar-refractivity contribution in [2.24, 2.45) is 5.92 Å². The summed E-state index contributed by atoms with van der Waals surface area (Å²) in [4.78, 5) is 26.4. The third-order valence-corrected chi connectivity index (χ3v) is 8.68. The number of carbonyl (C=O) groups excluding carboxylic acids is 2. The number of sulfonamides is 1. The lowest BCUT2D eigenvalue weighted by atomic mass is 9.97. The number of anilines is 2. The summed E-state index contributed by atoms with van der Waals surface area (Å²) >= 11 is 1.21. The van der Waals surface area contributed by atoms with E-state index in [0.717, 1.165) is 12.1 Å². The first-order valence-electron chi connectivity index (χ1n) is 9.70. The molecule has 29 heavy (non-hydrogen) atoms. The SMILES string of the molecule is O=C(Nc1cccc(N2CCCC2=O)c1)C1CCN(S(=O)(=O)c2cccs2)CC1. The summed E-state index contributed by atoms with van der Waals surface area (Å²) < 4.78 is 27.0. The van der Waals surface area contributed by atoms with E-state index >= 15 is 0 Å². The van der Waals surface area contributed by atoms with Gasteiger partial charge in [0.2, 0.25) is 11.8 Å². The summed E-state index contributed by atoms with van der Waals surface area (Å²) in [7, 11) is -3.46. The highest BCUT2D eigenvalue weighted by Gasteiger charge is 2.32. The molecule has 9 heteroatoms. The van der Waals surface area contributed by atoms with E-state index in [1.165, 1.54) is 15.6 Å². The molecule has 1 aromatic carbocycles. The van der Waals surface area contributed by atoms with Gasteiger partial charge >= 0.3 is 0 Å². The van der Waals surface area contributed by atoms with E-state index in [-0.39, 0.29) is 17.7 Å². The van der Waals surface area contributed by atoms with Gasteiger partial charge in [-0.05, 0) is 48.9 Å². The van der Waals surface area contributed by atoms with Gasteiger partial charge in [-0.1, -0.05) is 12.1 Å². The molecule has 1 N–H and O–H groups in total. The number of nitrogens with one attached hydrogen (secondary N) is 1. The van der Waals surface area contributed by atoms with Crippen LogP contribution < -0.4 is 10.2 Å². The predicted molar refractivity (Wildman–Crippen MR) is 112 cm³/mol. The van der Waals surface area contributed by atoms with E-state index in [1.54, 1.807) is 28.5 Å². The van der Waals surface area contributed by atoms with Crippen molar-refractivity contribution < 1.29 is 18.0 Å². The Balaban J connectivity index is 1.36. The van der Waals surface area contributed by atoms with Gasteiger partial charge < -0.3 is 10.2 Å². The normalized spacial score (nSPS) is 18.9. The molecule has 0 spiro atoms. The Morgan fingerprint density at radius 3 is 2.55 bits per heavy atom. The van der Waals surface area contributed by atoms with Gasteiger partial charge in [-0.25, -0.2) is 8.42 Å². The maximum absolute atomic E-state index is 12.7. The summed E-state index contributed by atoms with van der Waals surface area (Å²) in [5, 5.41) is 4.68. The van der Waals surface area contributed by atoms with Gasteiger partial charge in [0.15, 0.2) is 0 Å². The molecular formula is C20H23N3O4S2. The van der Waals surface area contributed by atoms with Crippen molar-refractivity contribution in [3.8, 4) is 0 Å². The first-order valence-corrected chi connectivity index (χ1v) is 12.0.